The summed E-state index contributed by atoms with van der Waals surface area (Å²) in [5.41, 5.74) is 5.77. The first-order chi connectivity index (χ1) is 22.3. The molecule has 14 heteroatoms. The number of nitrogens with zero attached hydrogens (tertiary/aromatic N) is 5. The van der Waals surface area contributed by atoms with E-state index in [2.05, 4.69) is 20.1 Å². The number of thiophene rings is 1. The summed E-state index contributed by atoms with van der Waals surface area (Å²) < 4.78 is 59.5. The lowest BCUT2D eigenvalue weighted by Gasteiger charge is -2.40. The Morgan fingerprint density at radius 2 is 2.11 bits per heavy atom. The normalized spacial score (nSPS) is 28.3. The molecule has 0 unspecified atom stereocenters. The van der Waals surface area contributed by atoms with Gasteiger partial charge in [0.05, 0.1) is 32.3 Å². The van der Waals surface area contributed by atoms with Crippen molar-refractivity contribution < 1.29 is 22.6 Å². The number of hydrogen-bond donors (Lipinski definition) is 2. The van der Waals surface area contributed by atoms with Crippen molar-refractivity contribution in [1.82, 2.24) is 20.2 Å². The minimum absolute atomic E-state index is 0.0163. The van der Waals surface area contributed by atoms with Crippen LogP contribution in [0, 0.1) is 23.0 Å². The van der Waals surface area contributed by atoms with Crippen LogP contribution in [0.3, 0.4) is 0 Å². The van der Waals surface area contributed by atoms with Crippen LogP contribution in [0.25, 0.3) is 32.1 Å². The van der Waals surface area contributed by atoms with Crippen LogP contribution in [-0.2, 0) is 0 Å². The molecule has 4 aromatic rings. The topological polar surface area (TPSA) is 113 Å². The van der Waals surface area contributed by atoms with Gasteiger partial charge in [-0.25, -0.2) is 13.2 Å². The minimum Gasteiger partial charge on any atom is -0.489 e. The monoisotopic (exact) mass is 667 g/mol. The number of rotatable bonds is 4. The summed E-state index contributed by atoms with van der Waals surface area (Å²) in [5, 5.41) is 14.2. The van der Waals surface area contributed by atoms with Crippen LogP contribution in [0.15, 0.2) is 12.1 Å². The van der Waals surface area contributed by atoms with Gasteiger partial charge in [-0.3, -0.25) is 4.90 Å². The SMILES string of the molecule is N#Cc1c(N)sc2c(F)ccc(-c3c(Cl)c4c5c(nc(OC[C@@]67CCCN6C[C@H](F)C7)nc5c3F)N3C[C@@H]5CC[C@@H](N5)[C@@H]3CO4)c12. The highest BCUT2D eigenvalue weighted by Crippen LogP contribution is 2.52. The number of benzene rings is 2. The lowest BCUT2D eigenvalue weighted by Crippen LogP contribution is -2.60. The fourth-order valence-corrected chi connectivity index (χ4v) is 9.82. The Morgan fingerprint density at radius 3 is 2.96 bits per heavy atom. The molecule has 4 saturated heterocycles. The van der Waals surface area contributed by atoms with E-state index in [0.717, 1.165) is 43.6 Å². The number of hydrogen-bond acceptors (Lipinski definition) is 10. The molecule has 2 aromatic carbocycles. The van der Waals surface area contributed by atoms with Crippen molar-refractivity contribution in [3.8, 4) is 29.0 Å². The number of ether oxygens (including phenoxy) is 2. The summed E-state index contributed by atoms with van der Waals surface area (Å²) >= 11 is 7.98. The number of nitrogens with one attached hydrogen (secondary N) is 1. The molecular formula is C32H29ClF3N7O2S. The van der Waals surface area contributed by atoms with Gasteiger partial charge in [0.15, 0.2) is 11.6 Å². The standard InChI is InChI=1S/C32H29ClF3N7O2S/c33-24-22(16-3-4-18(35)28-21(16)17(9-37)29(38)46-28)25(36)26-23-27(24)44-12-20-19-5-2-15(39-19)11-43(20)30(23)41-31(40-26)45-13-32-6-1-7-42(32)10-14(34)8-32/h3-4,14-15,19-20,39H,1-2,5-8,10-13,38H2/t14-,15+,19-,20+,32+/m1/s1. The molecule has 2 aromatic heterocycles. The van der Waals surface area contributed by atoms with Crippen molar-refractivity contribution in [3.63, 3.8) is 0 Å². The molecular weight excluding hydrogens is 639 g/mol. The van der Waals surface area contributed by atoms with E-state index >= 15 is 4.39 Å². The van der Waals surface area contributed by atoms with Gasteiger partial charge in [0.1, 0.15) is 47.6 Å². The highest BCUT2D eigenvalue weighted by atomic mass is 35.5. The zero-order valence-electron chi connectivity index (χ0n) is 24.6. The highest BCUT2D eigenvalue weighted by Gasteiger charge is 2.50. The number of nitriles is 1. The summed E-state index contributed by atoms with van der Waals surface area (Å²) in [6.45, 7) is 2.26. The van der Waals surface area contributed by atoms with Crippen molar-refractivity contribution in [2.75, 3.05) is 43.5 Å². The van der Waals surface area contributed by atoms with E-state index in [1.807, 2.05) is 6.07 Å². The predicted molar refractivity (Wildman–Crippen MR) is 170 cm³/mol. The minimum atomic E-state index is -0.929. The zero-order chi connectivity index (χ0) is 31.5. The van der Waals surface area contributed by atoms with E-state index < -0.39 is 23.3 Å². The van der Waals surface area contributed by atoms with Gasteiger partial charge < -0.3 is 25.4 Å². The number of nitrogen functional groups attached to an aromatic ring is 1. The second kappa shape index (κ2) is 10.2. The molecule has 3 N–H and O–H groups in total. The Bertz CT molecular complexity index is 2000. The van der Waals surface area contributed by atoms with E-state index in [9.17, 15) is 14.0 Å². The molecule has 238 valence electrons. The van der Waals surface area contributed by atoms with Crippen molar-refractivity contribution in [3.05, 3.63) is 34.4 Å². The fraction of sp³-hybridized carbons (Fsp3) is 0.469. The van der Waals surface area contributed by atoms with E-state index in [1.54, 1.807) is 0 Å². The summed E-state index contributed by atoms with van der Waals surface area (Å²) in [7, 11) is 0. The lowest BCUT2D eigenvalue weighted by molar-refractivity contribution is 0.107. The van der Waals surface area contributed by atoms with E-state index in [1.165, 1.54) is 12.1 Å². The quantitative estimate of drug-likeness (QED) is 0.289. The number of halogens is 4. The molecule has 9 nitrogen and oxygen atoms in total. The van der Waals surface area contributed by atoms with Crippen molar-refractivity contribution >= 4 is 54.7 Å². The molecule has 0 amide bonds. The summed E-state index contributed by atoms with van der Waals surface area (Å²) in [4.78, 5) is 13.8. The van der Waals surface area contributed by atoms with Gasteiger partial charge in [-0.05, 0) is 43.9 Å². The van der Waals surface area contributed by atoms with Crippen molar-refractivity contribution in [1.29, 1.82) is 5.26 Å². The molecule has 5 aliphatic heterocycles. The molecule has 0 aliphatic carbocycles. The second-order valence-corrected chi connectivity index (χ2v) is 14.5. The number of anilines is 2. The van der Waals surface area contributed by atoms with Gasteiger partial charge in [0.2, 0.25) is 0 Å². The van der Waals surface area contributed by atoms with Gasteiger partial charge in [-0.1, -0.05) is 17.7 Å². The van der Waals surface area contributed by atoms with E-state index in [4.69, 9.17) is 31.8 Å². The first kappa shape index (κ1) is 28.6. The third-order valence-corrected chi connectivity index (χ3v) is 12.0. The van der Waals surface area contributed by atoms with Crippen molar-refractivity contribution in [2.45, 2.75) is 61.9 Å². The summed E-state index contributed by atoms with van der Waals surface area (Å²) in [5.74, 6) is -0.660. The van der Waals surface area contributed by atoms with E-state index in [0.29, 0.717) is 30.7 Å². The third-order valence-electron chi connectivity index (χ3n) is 10.6. The Labute approximate surface area is 271 Å². The number of fused-ring (bicyclic) bond motifs is 7. The van der Waals surface area contributed by atoms with Crippen molar-refractivity contribution in [2.24, 2.45) is 0 Å². The molecule has 4 fully saturated rings. The maximum absolute atomic E-state index is 17.1. The van der Waals surface area contributed by atoms with Crippen LogP contribution in [0.1, 0.15) is 37.7 Å². The van der Waals surface area contributed by atoms with Gasteiger partial charge in [-0.15, -0.1) is 11.3 Å². The fourth-order valence-electron chi connectivity index (χ4n) is 8.54. The largest absolute Gasteiger partial charge is 0.489 e. The first-order valence-electron chi connectivity index (χ1n) is 15.6. The number of piperazine rings is 1. The van der Waals surface area contributed by atoms with Crippen LogP contribution in [0.4, 0.5) is 24.0 Å². The van der Waals surface area contributed by atoms with Crippen LogP contribution in [0.2, 0.25) is 5.02 Å². The molecule has 9 rings (SSSR count). The molecule has 46 heavy (non-hydrogen) atoms. The molecule has 5 aliphatic rings. The van der Waals surface area contributed by atoms with Gasteiger partial charge in [0, 0.05) is 42.5 Å². The van der Waals surface area contributed by atoms with Crippen LogP contribution in [-0.4, -0.2) is 77.6 Å². The third kappa shape index (κ3) is 4.00. The molecule has 7 heterocycles. The summed E-state index contributed by atoms with van der Waals surface area (Å²) in [6, 6.07) is 4.91. The molecule has 0 saturated carbocycles. The lowest BCUT2D eigenvalue weighted by atomic mass is 9.95. The number of aromatic nitrogens is 2. The van der Waals surface area contributed by atoms with Gasteiger partial charge in [-0.2, -0.15) is 15.2 Å². The second-order valence-electron chi connectivity index (χ2n) is 13.1. The molecule has 0 spiro atoms. The Kier molecular flexibility index (Phi) is 6.36. The van der Waals surface area contributed by atoms with Crippen LogP contribution < -0.4 is 25.4 Å². The first-order valence-corrected chi connectivity index (χ1v) is 16.8. The smallest absolute Gasteiger partial charge is 0.319 e. The predicted octanol–water partition coefficient (Wildman–Crippen LogP) is 5.55. The highest BCUT2D eigenvalue weighted by molar-refractivity contribution is 7.23. The molecule has 2 bridgehead atoms. The molecule has 0 radical (unpaired) electrons. The van der Waals surface area contributed by atoms with E-state index in [-0.39, 0.29) is 85.4 Å². The zero-order valence-corrected chi connectivity index (χ0v) is 26.2. The number of alkyl halides is 1. The van der Waals surface area contributed by atoms with Gasteiger partial charge >= 0.3 is 6.01 Å². The van der Waals surface area contributed by atoms with Crippen LogP contribution >= 0.6 is 22.9 Å². The number of nitrogens with two attached hydrogens (primary N) is 1. The maximum atomic E-state index is 17.1. The Balaban J connectivity index is 1.26. The average Bonchev–Trinajstić information content (AvgIpc) is 3.76. The maximum Gasteiger partial charge on any atom is 0.319 e. The Hall–Kier alpha value is -3.57. The van der Waals surface area contributed by atoms with Gasteiger partial charge in [0.25, 0.3) is 0 Å². The summed E-state index contributed by atoms with van der Waals surface area (Å²) in [6.07, 6.45) is 3.16. The average molecular weight is 668 g/mol. The van der Waals surface area contributed by atoms with Crippen LogP contribution in [0.5, 0.6) is 11.8 Å². The Morgan fingerprint density at radius 1 is 1.24 bits per heavy atom. The molecule has 5 atom stereocenters.